The number of benzene rings is 1. The first-order chi connectivity index (χ1) is 11.4. The number of amides is 1. The van der Waals surface area contributed by atoms with E-state index in [4.69, 9.17) is 17.9 Å². The second kappa shape index (κ2) is 5.28. The van der Waals surface area contributed by atoms with Crippen LogP contribution in [0.2, 0.25) is 0 Å². The minimum Gasteiger partial charge on any atom is -0.508 e. The topological polar surface area (TPSA) is 120 Å². The predicted octanol–water partition coefficient (Wildman–Crippen LogP) is 1.41. The van der Waals surface area contributed by atoms with Crippen LogP contribution in [0.25, 0.3) is 16.7 Å². The van der Waals surface area contributed by atoms with Gasteiger partial charge in [0, 0.05) is 11.8 Å². The van der Waals surface area contributed by atoms with Crippen molar-refractivity contribution in [2.75, 3.05) is 5.73 Å². The molecule has 1 aromatic carbocycles. The predicted molar refractivity (Wildman–Crippen MR) is 90.9 cm³/mol. The van der Waals surface area contributed by atoms with Crippen LogP contribution in [0.5, 0.6) is 5.75 Å². The minimum absolute atomic E-state index is 0.101. The molecule has 1 amide bonds. The van der Waals surface area contributed by atoms with Gasteiger partial charge in [-0.25, -0.2) is 9.97 Å². The third-order valence-corrected chi connectivity index (χ3v) is 3.95. The van der Waals surface area contributed by atoms with Gasteiger partial charge < -0.3 is 16.6 Å². The van der Waals surface area contributed by atoms with Gasteiger partial charge in [0.1, 0.15) is 11.6 Å². The smallest absolute Gasteiger partial charge is 0.253 e. The summed E-state index contributed by atoms with van der Waals surface area (Å²) in [5, 5.41) is 10.5. The first-order valence-electron chi connectivity index (χ1n) is 7.09. The van der Waals surface area contributed by atoms with Gasteiger partial charge in [-0.1, -0.05) is 6.07 Å². The fourth-order valence-corrected chi connectivity index (χ4v) is 2.81. The summed E-state index contributed by atoms with van der Waals surface area (Å²) in [6, 6.07) is 3.34. The van der Waals surface area contributed by atoms with Crippen molar-refractivity contribution in [1.82, 2.24) is 14.5 Å². The first kappa shape index (κ1) is 15.4. The van der Waals surface area contributed by atoms with E-state index in [1.807, 2.05) is 6.92 Å². The lowest BCUT2D eigenvalue weighted by Gasteiger charge is -2.15. The summed E-state index contributed by atoms with van der Waals surface area (Å²) >= 11 is 0. The molecule has 0 unspecified atom stereocenters. The zero-order chi connectivity index (χ0) is 17.6. The molecule has 3 aromatic rings. The number of aromatic nitrogens is 3. The Morgan fingerprint density at radius 1 is 1.38 bits per heavy atom. The quantitative estimate of drug-likeness (QED) is 0.616. The highest BCUT2D eigenvalue weighted by atomic mass is 16.3. The number of phenolic OH excluding ortho intramolecular Hbond substituents is 1. The Morgan fingerprint density at radius 2 is 2.08 bits per heavy atom. The van der Waals surface area contributed by atoms with Crippen LogP contribution in [-0.4, -0.2) is 25.5 Å². The van der Waals surface area contributed by atoms with Crippen LogP contribution >= 0.6 is 0 Å². The molecule has 5 N–H and O–H groups in total. The van der Waals surface area contributed by atoms with Crippen molar-refractivity contribution in [3.63, 3.8) is 0 Å². The molecule has 7 heteroatoms. The first-order valence-corrected chi connectivity index (χ1v) is 7.09. The van der Waals surface area contributed by atoms with Crippen molar-refractivity contribution < 1.29 is 9.90 Å². The highest BCUT2D eigenvalue weighted by Crippen LogP contribution is 2.35. The van der Waals surface area contributed by atoms with E-state index in [0.717, 1.165) is 5.56 Å². The molecule has 3 rings (SSSR count). The number of aromatic hydroxyl groups is 1. The van der Waals surface area contributed by atoms with Crippen molar-refractivity contribution in [2.24, 2.45) is 5.73 Å². The third kappa shape index (κ3) is 2.05. The molecule has 0 aliphatic heterocycles. The molecule has 2 heterocycles. The van der Waals surface area contributed by atoms with E-state index in [1.165, 1.54) is 6.20 Å². The van der Waals surface area contributed by atoms with Crippen molar-refractivity contribution in [2.45, 2.75) is 13.8 Å². The molecule has 0 saturated heterocycles. The van der Waals surface area contributed by atoms with Crippen LogP contribution in [-0.2, 0) is 0 Å². The Hall–Kier alpha value is -3.53. The largest absolute Gasteiger partial charge is 0.508 e. The number of hydrogen-bond acceptors (Lipinski definition) is 5. The van der Waals surface area contributed by atoms with Crippen LogP contribution in [0.4, 0.5) is 5.82 Å². The van der Waals surface area contributed by atoms with Crippen LogP contribution < -0.4 is 11.5 Å². The van der Waals surface area contributed by atoms with E-state index in [9.17, 15) is 9.90 Å². The van der Waals surface area contributed by atoms with Gasteiger partial charge in [-0.15, -0.1) is 6.42 Å². The van der Waals surface area contributed by atoms with Gasteiger partial charge in [0.2, 0.25) is 5.82 Å². The fraction of sp³-hybridized carbons (Fsp3) is 0.118. The summed E-state index contributed by atoms with van der Waals surface area (Å²) in [5.74, 6) is 2.05. The molecule has 7 nitrogen and oxygen atoms in total. The van der Waals surface area contributed by atoms with E-state index in [1.54, 1.807) is 23.6 Å². The zero-order valence-corrected chi connectivity index (χ0v) is 13.2. The molecule has 2 aromatic heterocycles. The molecule has 0 fully saturated rings. The van der Waals surface area contributed by atoms with Gasteiger partial charge in [0.25, 0.3) is 5.91 Å². The molecule has 0 atom stereocenters. The number of aryl methyl sites for hydroxylation is 1. The minimum atomic E-state index is -0.691. The second-order valence-electron chi connectivity index (χ2n) is 5.41. The lowest BCUT2D eigenvalue weighted by molar-refractivity contribution is 0.100. The summed E-state index contributed by atoms with van der Waals surface area (Å²) in [4.78, 5) is 20.2. The number of fused-ring (bicyclic) bond motifs is 1. The number of terminal acetylenes is 1. The number of nitrogens with two attached hydrogens (primary N) is 2. The number of hydrogen-bond donors (Lipinski definition) is 3. The Balaban J connectivity index is 2.54. The molecule has 0 saturated carbocycles. The molecule has 0 aliphatic carbocycles. The average molecular weight is 321 g/mol. The van der Waals surface area contributed by atoms with Crippen LogP contribution in [0.15, 0.2) is 18.3 Å². The number of nitrogen functional groups attached to an aromatic ring is 1. The maximum atomic E-state index is 11.9. The number of carbonyl (C=O) groups is 1. The van der Waals surface area contributed by atoms with Crippen LogP contribution in [0.1, 0.15) is 27.3 Å². The molecule has 0 bridgehead atoms. The van der Waals surface area contributed by atoms with Gasteiger partial charge in [-0.2, -0.15) is 0 Å². The summed E-state index contributed by atoms with van der Waals surface area (Å²) in [6.45, 7) is 3.61. The van der Waals surface area contributed by atoms with Gasteiger partial charge in [-0.3, -0.25) is 9.36 Å². The maximum Gasteiger partial charge on any atom is 0.253 e. The summed E-state index contributed by atoms with van der Waals surface area (Å²) in [6.07, 6.45) is 6.80. The Morgan fingerprint density at radius 3 is 2.71 bits per heavy atom. The monoisotopic (exact) mass is 321 g/mol. The number of primary amides is 1. The van der Waals surface area contributed by atoms with E-state index in [0.29, 0.717) is 22.3 Å². The third-order valence-electron chi connectivity index (χ3n) is 3.95. The number of rotatable bonds is 2. The van der Waals surface area contributed by atoms with E-state index >= 15 is 0 Å². The van der Waals surface area contributed by atoms with E-state index in [2.05, 4.69) is 15.9 Å². The fourth-order valence-electron chi connectivity index (χ4n) is 2.81. The molecule has 120 valence electrons. The number of anilines is 1. The van der Waals surface area contributed by atoms with Gasteiger partial charge >= 0.3 is 0 Å². The Kier molecular flexibility index (Phi) is 3.38. The highest BCUT2D eigenvalue weighted by Gasteiger charge is 2.24. The average Bonchev–Trinajstić information content (AvgIpc) is 2.83. The van der Waals surface area contributed by atoms with Gasteiger partial charge in [0.15, 0.2) is 5.65 Å². The SMILES string of the molecule is C#Cc1ncc2c(C(N)=O)c(N)n(-c3c(C)ccc(O)c3C)c2n1. The molecular formula is C17H15N5O2. The lowest BCUT2D eigenvalue weighted by atomic mass is 10.1. The maximum absolute atomic E-state index is 11.9. The normalized spacial score (nSPS) is 10.7. The van der Waals surface area contributed by atoms with Crippen molar-refractivity contribution in [3.05, 3.63) is 40.8 Å². The summed E-state index contributed by atoms with van der Waals surface area (Å²) < 4.78 is 1.57. The zero-order valence-electron chi connectivity index (χ0n) is 13.2. The highest BCUT2D eigenvalue weighted by molar-refractivity contribution is 6.10. The number of nitrogens with zero attached hydrogens (tertiary/aromatic N) is 3. The van der Waals surface area contributed by atoms with E-state index in [-0.39, 0.29) is 23.0 Å². The molecule has 0 radical (unpaired) electrons. The molecule has 0 spiro atoms. The van der Waals surface area contributed by atoms with Crippen molar-refractivity contribution in [3.8, 4) is 23.8 Å². The Labute approximate surface area is 137 Å². The Bertz CT molecular complexity index is 1040. The standard InChI is InChI=1S/C17H15N5O2/c1-4-12-20-7-10-13(16(19)24)15(18)22(17(10)21-12)14-8(2)5-6-11(23)9(14)3/h1,5-7,23H,18H2,2-3H3,(H2,19,24). The summed E-state index contributed by atoms with van der Waals surface area (Å²) in [7, 11) is 0. The van der Waals surface area contributed by atoms with Gasteiger partial charge in [0.05, 0.1) is 16.6 Å². The van der Waals surface area contributed by atoms with Crippen LogP contribution in [0.3, 0.4) is 0 Å². The summed E-state index contributed by atoms with van der Waals surface area (Å²) in [5.41, 5.74) is 14.2. The van der Waals surface area contributed by atoms with Crippen molar-refractivity contribution >= 4 is 22.8 Å². The lowest BCUT2D eigenvalue weighted by Crippen LogP contribution is -2.14. The van der Waals surface area contributed by atoms with Gasteiger partial charge in [-0.05, 0) is 31.4 Å². The molecule has 24 heavy (non-hydrogen) atoms. The number of carbonyl (C=O) groups excluding carboxylic acids is 1. The van der Waals surface area contributed by atoms with Crippen LogP contribution in [0, 0.1) is 26.2 Å². The molecular weight excluding hydrogens is 306 g/mol. The number of phenols is 1. The second-order valence-corrected chi connectivity index (χ2v) is 5.41. The van der Waals surface area contributed by atoms with E-state index < -0.39 is 5.91 Å². The van der Waals surface area contributed by atoms with Crippen molar-refractivity contribution in [1.29, 1.82) is 0 Å². The molecule has 0 aliphatic rings.